The van der Waals surface area contributed by atoms with Crippen LogP contribution in [0.4, 0.5) is 0 Å². The molecule has 0 aliphatic rings. The Hall–Kier alpha value is -2.21. The van der Waals surface area contributed by atoms with Crippen molar-refractivity contribution in [3.8, 4) is 5.69 Å². The first-order chi connectivity index (χ1) is 8.09. The van der Waals surface area contributed by atoms with Gasteiger partial charge in [0.1, 0.15) is 5.56 Å². The van der Waals surface area contributed by atoms with E-state index in [9.17, 15) is 9.59 Å². The molecular weight excluding hydrogens is 238 g/mol. The predicted octanol–water partition coefficient (Wildman–Crippen LogP) is 0.994. The summed E-state index contributed by atoms with van der Waals surface area (Å²) < 4.78 is 1.74. The smallest absolute Gasteiger partial charge is 0.264 e. The number of rotatable bonds is 2. The average molecular weight is 247 g/mol. The summed E-state index contributed by atoms with van der Waals surface area (Å²) in [5.41, 5.74) is 5.15. The number of aromatic nitrogens is 2. The van der Waals surface area contributed by atoms with Crippen LogP contribution in [0.25, 0.3) is 5.69 Å². The van der Waals surface area contributed by atoms with Crippen molar-refractivity contribution in [3.05, 3.63) is 57.2 Å². The molecule has 86 valence electrons. The number of carbonyl (C=O) groups is 1. The molecule has 0 saturated heterocycles. The molecule has 3 N–H and O–H groups in total. The zero-order valence-corrected chi connectivity index (χ0v) is 9.53. The number of carbonyl (C=O) groups excluding carboxylic acids is 1. The number of H-pyrrole nitrogens is 1. The topological polar surface area (TPSA) is 80.9 Å². The summed E-state index contributed by atoms with van der Waals surface area (Å²) >= 11 is 5.02. The van der Waals surface area contributed by atoms with Gasteiger partial charge in [-0.25, -0.2) is 0 Å². The lowest BCUT2D eigenvalue weighted by Gasteiger charge is -2.07. The lowest BCUT2D eigenvalue weighted by Crippen LogP contribution is -2.25. The van der Waals surface area contributed by atoms with Gasteiger partial charge >= 0.3 is 0 Å². The fourth-order valence-electron chi connectivity index (χ4n) is 1.43. The molecule has 0 fully saturated rings. The van der Waals surface area contributed by atoms with Crippen LogP contribution in [0.5, 0.6) is 0 Å². The maximum absolute atomic E-state index is 11.4. The van der Waals surface area contributed by atoms with Gasteiger partial charge in [-0.15, -0.1) is 0 Å². The van der Waals surface area contributed by atoms with Gasteiger partial charge in [-0.3, -0.25) is 19.1 Å². The minimum absolute atomic E-state index is 0.123. The highest BCUT2D eigenvalue weighted by molar-refractivity contribution is 7.71. The van der Waals surface area contributed by atoms with Gasteiger partial charge in [0, 0.05) is 11.9 Å². The molecule has 0 atom stereocenters. The first-order valence-electron chi connectivity index (χ1n) is 4.81. The summed E-state index contributed by atoms with van der Waals surface area (Å²) in [4.78, 5) is 24.9. The van der Waals surface area contributed by atoms with E-state index in [0.717, 1.165) is 5.69 Å². The molecule has 0 unspecified atom stereocenters. The summed E-state index contributed by atoms with van der Waals surface area (Å²) in [5, 5.41) is 0. The van der Waals surface area contributed by atoms with Crippen molar-refractivity contribution >= 4 is 18.1 Å². The van der Waals surface area contributed by atoms with Crippen molar-refractivity contribution in [2.24, 2.45) is 5.73 Å². The van der Waals surface area contributed by atoms with Gasteiger partial charge in [0.15, 0.2) is 4.77 Å². The third-order valence-electron chi connectivity index (χ3n) is 2.24. The van der Waals surface area contributed by atoms with Crippen molar-refractivity contribution in [2.45, 2.75) is 0 Å². The lowest BCUT2D eigenvalue weighted by molar-refractivity contribution is 0.0998. The van der Waals surface area contributed by atoms with Crippen LogP contribution >= 0.6 is 12.2 Å². The van der Waals surface area contributed by atoms with E-state index in [1.807, 2.05) is 18.2 Å². The normalized spacial score (nSPS) is 10.1. The number of hydrogen-bond donors (Lipinski definition) is 2. The van der Waals surface area contributed by atoms with Crippen LogP contribution in [-0.4, -0.2) is 15.5 Å². The van der Waals surface area contributed by atoms with Gasteiger partial charge in [0.25, 0.3) is 11.5 Å². The van der Waals surface area contributed by atoms with Crippen LogP contribution in [0, 0.1) is 4.77 Å². The number of amides is 1. The summed E-state index contributed by atoms with van der Waals surface area (Å²) in [6, 6.07) is 9.11. The Morgan fingerprint density at radius 1 is 1.29 bits per heavy atom. The molecule has 2 aromatic rings. The Bertz CT molecular complexity index is 673. The van der Waals surface area contributed by atoms with Crippen molar-refractivity contribution in [3.63, 3.8) is 0 Å². The molecule has 1 amide bonds. The van der Waals surface area contributed by atoms with E-state index in [0.29, 0.717) is 0 Å². The highest BCUT2D eigenvalue weighted by Gasteiger charge is 2.08. The Morgan fingerprint density at radius 2 is 1.94 bits per heavy atom. The van der Waals surface area contributed by atoms with E-state index in [4.69, 9.17) is 18.0 Å². The molecule has 1 aromatic carbocycles. The lowest BCUT2D eigenvalue weighted by atomic mass is 10.3. The summed E-state index contributed by atoms with van der Waals surface area (Å²) in [6.45, 7) is 0. The number of hydrogen-bond acceptors (Lipinski definition) is 3. The van der Waals surface area contributed by atoms with E-state index in [1.54, 1.807) is 12.1 Å². The summed E-state index contributed by atoms with van der Waals surface area (Å²) in [7, 11) is 0. The van der Waals surface area contributed by atoms with Gasteiger partial charge in [0.2, 0.25) is 0 Å². The van der Waals surface area contributed by atoms with Crippen molar-refractivity contribution in [2.75, 3.05) is 0 Å². The standard InChI is InChI=1S/C11H9N3O2S/c12-9(15)8-6-14(11(17)13-10(8)16)7-4-2-1-3-5-7/h1-6H,(H2,12,15)(H,13,16,17). The maximum atomic E-state index is 11.4. The van der Waals surface area contributed by atoms with Gasteiger partial charge in [0.05, 0.1) is 0 Å². The second-order valence-electron chi connectivity index (χ2n) is 3.37. The van der Waals surface area contributed by atoms with Gasteiger partial charge in [-0.2, -0.15) is 0 Å². The molecular formula is C11H9N3O2S. The van der Waals surface area contributed by atoms with E-state index in [1.165, 1.54) is 10.8 Å². The molecule has 0 saturated carbocycles. The van der Waals surface area contributed by atoms with Crippen molar-refractivity contribution < 1.29 is 4.79 Å². The zero-order chi connectivity index (χ0) is 12.4. The molecule has 17 heavy (non-hydrogen) atoms. The van der Waals surface area contributed by atoms with Crippen LogP contribution in [0.15, 0.2) is 41.3 Å². The largest absolute Gasteiger partial charge is 0.365 e. The number of benzene rings is 1. The third kappa shape index (κ3) is 2.16. The monoisotopic (exact) mass is 247 g/mol. The van der Waals surface area contributed by atoms with E-state index in [2.05, 4.69) is 4.98 Å². The van der Waals surface area contributed by atoms with Crippen LogP contribution in [0.3, 0.4) is 0 Å². The van der Waals surface area contributed by atoms with Gasteiger partial charge < -0.3 is 5.73 Å². The van der Waals surface area contributed by atoms with Crippen LogP contribution in [0.1, 0.15) is 10.4 Å². The number of para-hydroxylation sites is 1. The van der Waals surface area contributed by atoms with E-state index in [-0.39, 0.29) is 10.3 Å². The minimum Gasteiger partial charge on any atom is -0.365 e. The third-order valence-corrected chi connectivity index (χ3v) is 2.54. The minimum atomic E-state index is -0.786. The molecule has 0 bridgehead atoms. The molecule has 0 radical (unpaired) electrons. The van der Waals surface area contributed by atoms with Crippen LogP contribution in [-0.2, 0) is 0 Å². The first-order valence-corrected chi connectivity index (χ1v) is 5.21. The number of primary amides is 1. The molecule has 5 nitrogen and oxygen atoms in total. The number of nitrogens with two attached hydrogens (primary N) is 1. The number of nitrogens with one attached hydrogen (secondary N) is 1. The first kappa shape index (κ1) is 11.3. The SMILES string of the molecule is NC(=O)c1cn(-c2ccccc2)c(=S)[nH]c1=O. The molecule has 0 spiro atoms. The molecule has 0 aliphatic heterocycles. The van der Waals surface area contributed by atoms with Gasteiger partial charge in [-0.05, 0) is 24.4 Å². The zero-order valence-electron chi connectivity index (χ0n) is 8.71. The number of nitrogens with zero attached hydrogens (tertiary/aromatic N) is 1. The Balaban J connectivity index is 2.72. The maximum Gasteiger partial charge on any atom is 0.264 e. The Morgan fingerprint density at radius 3 is 2.53 bits per heavy atom. The van der Waals surface area contributed by atoms with Crippen molar-refractivity contribution in [1.29, 1.82) is 0 Å². The molecule has 6 heteroatoms. The highest BCUT2D eigenvalue weighted by Crippen LogP contribution is 2.06. The van der Waals surface area contributed by atoms with E-state index < -0.39 is 11.5 Å². The summed E-state index contributed by atoms with van der Waals surface area (Å²) in [5.74, 6) is -0.786. The second kappa shape index (κ2) is 4.34. The highest BCUT2D eigenvalue weighted by atomic mass is 32.1. The predicted molar refractivity (Wildman–Crippen MR) is 65.7 cm³/mol. The Labute approximate surface area is 102 Å². The fourth-order valence-corrected chi connectivity index (χ4v) is 1.68. The van der Waals surface area contributed by atoms with E-state index >= 15 is 0 Å². The quantitative estimate of drug-likeness (QED) is 0.777. The van der Waals surface area contributed by atoms with Crippen LogP contribution < -0.4 is 11.3 Å². The molecule has 1 aromatic heterocycles. The average Bonchev–Trinajstić information content (AvgIpc) is 2.29. The Kier molecular flexibility index (Phi) is 2.88. The van der Waals surface area contributed by atoms with Crippen LogP contribution in [0.2, 0.25) is 0 Å². The van der Waals surface area contributed by atoms with Gasteiger partial charge in [-0.1, -0.05) is 18.2 Å². The molecule has 1 heterocycles. The molecule has 0 aliphatic carbocycles. The fraction of sp³-hybridized carbons (Fsp3) is 0. The molecule has 2 rings (SSSR count). The summed E-state index contributed by atoms with van der Waals surface area (Å²) in [6.07, 6.45) is 1.35. The number of aromatic amines is 1. The second-order valence-corrected chi connectivity index (χ2v) is 3.76. The van der Waals surface area contributed by atoms with Crippen molar-refractivity contribution in [1.82, 2.24) is 9.55 Å².